The molecule has 1 saturated carbocycles. The van der Waals surface area contributed by atoms with Gasteiger partial charge in [0.1, 0.15) is 0 Å². The summed E-state index contributed by atoms with van der Waals surface area (Å²) in [7, 11) is 0. The number of aliphatic carboxylic acids is 1. The maximum Gasteiger partial charge on any atom is 0.317 e. The first-order valence-corrected chi connectivity index (χ1v) is 5.91. The standard InChI is InChI=1S/C11H18N2O3/c14-10(15)4-5-12-11(16)13-6-9(7-13)8-2-1-3-8/h8-9H,1-7H2,(H,12,16)(H,14,15). The van der Waals surface area contributed by atoms with E-state index in [2.05, 4.69) is 5.32 Å². The van der Waals surface area contributed by atoms with Gasteiger partial charge in [-0.25, -0.2) is 4.79 Å². The topological polar surface area (TPSA) is 69.6 Å². The van der Waals surface area contributed by atoms with Crippen LogP contribution in [0.1, 0.15) is 25.7 Å². The van der Waals surface area contributed by atoms with Crippen LogP contribution in [0.2, 0.25) is 0 Å². The van der Waals surface area contributed by atoms with E-state index < -0.39 is 5.97 Å². The maximum absolute atomic E-state index is 11.5. The van der Waals surface area contributed by atoms with Crippen LogP contribution in [0.25, 0.3) is 0 Å². The average molecular weight is 226 g/mol. The number of nitrogens with one attached hydrogen (secondary N) is 1. The number of carbonyl (C=O) groups is 2. The second-order valence-corrected chi connectivity index (χ2v) is 4.73. The van der Waals surface area contributed by atoms with Gasteiger partial charge in [-0.05, 0) is 11.8 Å². The highest BCUT2D eigenvalue weighted by molar-refractivity contribution is 5.76. The highest BCUT2D eigenvalue weighted by Gasteiger charge is 2.38. The molecule has 2 amide bonds. The summed E-state index contributed by atoms with van der Waals surface area (Å²) in [4.78, 5) is 23.5. The highest BCUT2D eigenvalue weighted by Crippen LogP contribution is 2.37. The Balaban J connectivity index is 1.59. The van der Waals surface area contributed by atoms with Crippen LogP contribution < -0.4 is 5.32 Å². The van der Waals surface area contributed by atoms with Crippen molar-refractivity contribution in [3.63, 3.8) is 0 Å². The van der Waals surface area contributed by atoms with Crippen LogP contribution in [0.5, 0.6) is 0 Å². The van der Waals surface area contributed by atoms with E-state index in [0.29, 0.717) is 5.92 Å². The Hall–Kier alpha value is -1.26. The van der Waals surface area contributed by atoms with Crippen molar-refractivity contribution in [3.8, 4) is 0 Å². The Bertz CT molecular complexity index is 283. The van der Waals surface area contributed by atoms with Crippen molar-refractivity contribution in [2.45, 2.75) is 25.7 Å². The first-order chi connectivity index (χ1) is 7.66. The Morgan fingerprint density at radius 2 is 1.94 bits per heavy atom. The van der Waals surface area contributed by atoms with E-state index >= 15 is 0 Å². The molecular weight excluding hydrogens is 208 g/mol. The van der Waals surface area contributed by atoms with Gasteiger partial charge in [0.15, 0.2) is 0 Å². The minimum absolute atomic E-state index is 0.00830. The Morgan fingerprint density at radius 1 is 1.25 bits per heavy atom. The van der Waals surface area contributed by atoms with Gasteiger partial charge in [0, 0.05) is 19.6 Å². The van der Waals surface area contributed by atoms with E-state index in [9.17, 15) is 9.59 Å². The van der Waals surface area contributed by atoms with Gasteiger partial charge in [-0.2, -0.15) is 0 Å². The average Bonchev–Trinajstić information content (AvgIpc) is 2.05. The van der Waals surface area contributed by atoms with E-state index in [1.807, 2.05) is 0 Å². The third-order valence-corrected chi connectivity index (χ3v) is 3.63. The number of nitrogens with zero attached hydrogens (tertiary/aromatic N) is 1. The Morgan fingerprint density at radius 3 is 2.44 bits per heavy atom. The minimum Gasteiger partial charge on any atom is -0.481 e. The van der Waals surface area contributed by atoms with Gasteiger partial charge in [0.2, 0.25) is 0 Å². The molecule has 5 nitrogen and oxygen atoms in total. The molecular formula is C11H18N2O3. The van der Waals surface area contributed by atoms with Crippen LogP contribution in [-0.2, 0) is 4.79 Å². The summed E-state index contributed by atoms with van der Waals surface area (Å²) in [5, 5.41) is 11.0. The van der Waals surface area contributed by atoms with E-state index in [-0.39, 0.29) is 19.0 Å². The lowest BCUT2D eigenvalue weighted by Gasteiger charge is -2.46. The van der Waals surface area contributed by atoms with Crippen molar-refractivity contribution < 1.29 is 14.7 Å². The Kier molecular flexibility index (Phi) is 3.31. The van der Waals surface area contributed by atoms with E-state index in [1.165, 1.54) is 19.3 Å². The molecule has 0 aromatic rings. The highest BCUT2D eigenvalue weighted by atomic mass is 16.4. The first kappa shape index (κ1) is 11.2. The third-order valence-electron chi connectivity index (χ3n) is 3.63. The smallest absolute Gasteiger partial charge is 0.317 e. The molecule has 0 radical (unpaired) electrons. The molecule has 2 rings (SSSR count). The van der Waals surface area contributed by atoms with Crippen LogP contribution in [0.4, 0.5) is 4.79 Å². The number of urea groups is 1. The number of carboxylic acids is 1. The monoisotopic (exact) mass is 226 g/mol. The van der Waals surface area contributed by atoms with Crippen LogP contribution in [-0.4, -0.2) is 41.6 Å². The van der Waals surface area contributed by atoms with Crippen molar-refractivity contribution in [3.05, 3.63) is 0 Å². The quantitative estimate of drug-likeness (QED) is 0.748. The van der Waals surface area contributed by atoms with Crippen molar-refractivity contribution in [2.75, 3.05) is 19.6 Å². The summed E-state index contributed by atoms with van der Waals surface area (Å²) in [6.45, 7) is 1.92. The predicted molar refractivity (Wildman–Crippen MR) is 58.1 cm³/mol. The van der Waals surface area contributed by atoms with Gasteiger partial charge in [-0.15, -0.1) is 0 Å². The Labute approximate surface area is 94.8 Å². The molecule has 0 aromatic heterocycles. The molecule has 0 bridgehead atoms. The SMILES string of the molecule is O=C(O)CCNC(=O)N1CC(C2CCC2)C1. The molecule has 0 unspecified atom stereocenters. The van der Waals surface area contributed by atoms with Gasteiger partial charge < -0.3 is 15.3 Å². The van der Waals surface area contributed by atoms with Gasteiger partial charge in [-0.3, -0.25) is 4.79 Å². The first-order valence-electron chi connectivity index (χ1n) is 5.91. The lowest BCUT2D eigenvalue weighted by atomic mass is 9.73. The number of hydrogen-bond donors (Lipinski definition) is 2. The van der Waals surface area contributed by atoms with Gasteiger partial charge >= 0.3 is 12.0 Å². The van der Waals surface area contributed by atoms with Gasteiger partial charge in [0.05, 0.1) is 6.42 Å². The molecule has 2 fully saturated rings. The fraction of sp³-hybridized carbons (Fsp3) is 0.818. The second kappa shape index (κ2) is 4.72. The molecule has 16 heavy (non-hydrogen) atoms. The van der Waals surface area contributed by atoms with Crippen molar-refractivity contribution in [2.24, 2.45) is 11.8 Å². The zero-order valence-corrected chi connectivity index (χ0v) is 9.32. The number of carboxylic acid groups (broad SMARTS) is 1. The molecule has 2 aliphatic rings. The number of amides is 2. The zero-order valence-electron chi connectivity index (χ0n) is 9.32. The van der Waals surface area contributed by atoms with Crippen LogP contribution in [0, 0.1) is 11.8 Å². The van der Waals surface area contributed by atoms with E-state index in [0.717, 1.165) is 19.0 Å². The summed E-state index contributed by atoms with van der Waals surface area (Å²) >= 11 is 0. The normalized spacial score (nSPS) is 21.1. The number of likely N-dealkylation sites (tertiary alicyclic amines) is 1. The summed E-state index contributed by atoms with van der Waals surface area (Å²) in [6.07, 6.45) is 3.97. The predicted octanol–water partition coefficient (Wildman–Crippen LogP) is 0.903. The van der Waals surface area contributed by atoms with Gasteiger partial charge in [0.25, 0.3) is 0 Å². The molecule has 2 N–H and O–H groups in total. The molecule has 1 heterocycles. The molecule has 1 aliphatic heterocycles. The lowest BCUT2D eigenvalue weighted by Crippen LogP contribution is -2.56. The van der Waals surface area contributed by atoms with Crippen LogP contribution in [0.15, 0.2) is 0 Å². The summed E-state index contributed by atoms with van der Waals surface area (Å²) in [5.41, 5.74) is 0. The lowest BCUT2D eigenvalue weighted by molar-refractivity contribution is -0.136. The molecule has 1 saturated heterocycles. The molecule has 0 aromatic carbocycles. The summed E-state index contributed by atoms with van der Waals surface area (Å²) < 4.78 is 0. The van der Waals surface area contributed by atoms with Crippen molar-refractivity contribution in [1.29, 1.82) is 0 Å². The summed E-state index contributed by atoms with van der Waals surface area (Å²) in [5.74, 6) is 0.651. The molecule has 5 heteroatoms. The molecule has 90 valence electrons. The van der Waals surface area contributed by atoms with Crippen LogP contribution in [0.3, 0.4) is 0 Å². The van der Waals surface area contributed by atoms with Crippen molar-refractivity contribution >= 4 is 12.0 Å². The fourth-order valence-corrected chi connectivity index (χ4v) is 2.28. The van der Waals surface area contributed by atoms with Gasteiger partial charge in [-0.1, -0.05) is 19.3 Å². The zero-order chi connectivity index (χ0) is 11.5. The number of rotatable bonds is 4. The largest absolute Gasteiger partial charge is 0.481 e. The number of hydrogen-bond acceptors (Lipinski definition) is 2. The molecule has 0 atom stereocenters. The van der Waals surface area contributed by atoms with Crippen LogP contribution >= 0.6 is 0 Å². The van der Waals surface area contributed by atoms with E-state index in [1.54, 1.807) is 4.90 Å². The van der Waals surface area contributed by atoms with Crippen molar-refractivity contribution in [1.82, 2.24) is 10.2 Å². The molecule has 0 spiro atoms. The number of carbonyl (C=O) groups excluding carboxylic acids is 1. The fourth-order valence-electron chi connectivity index (χ4n) is 2.28. The molecule has 1 aliphatic carbocycles. The second-order valence-electron chi connectivity index (χ2n) is 4.73. The third kappa shape index (κ3) is 2.46. The van der Waals surface area contributed by atoms with E-state index in [4.69, 9.17) is 5.11 Å². The minimum atomic E-state index is -0.878. The summed E-state index contributed by atoms with van der Waals surface area (Å²) in [6, 6.07) is -0.114. The maximum atomic E-state index is 11.5.